The number of amides is 1. The Labute approximate surface area is 186 Å². The molecular formula is C21H35IN4O2. The first kappa shape index (κ1) is 24.7. The van der Waals surface area contributed by atoms with Gasteiger partial charge in [0.2, 0.25) is 5.91 Å². The summed E-state index contributed by atoms with van der Waals surface area (Å²) in [7, 11) is 1.67. The summed E-state index contributed by atoms with van der Waals surface area (Å²) >= 11 is 0. The van der Waals surface area contributed by atoms with Crippen LogP contribution in [0.1, 0.15) is 32.8 Å². The van der Waals surface area contributed by atoms with Crippen LogP contribution in [0.4, 0.5) is 0 Å². The van der Waals surface area contributed by atoms with Crippen molar-refractivity contribution >= 4 is 35.8 Å². The molecule has 1 unspecified atom stereocenters. The van der Waals surface area contributed by atoms with Gasteiger partial charge in [-0.15, -0.1) is 24.0 Å². The van der Waals surface area contributed by atoms with Crippen LogP contribution in [0.3, 0.4) is 0 Å². The molecular weight excluding hydrogens is 467 g/mol. The summed E-state index contributed by atoms with van der Waals surface area (Å²) < 4.78 is 5.91. The van der Waals surface area contributed by atoms with Crippen LogP contribution < -0.4 is 10.6 Å². The zero-order chi connectivity index (χ0) is 19.7. The number of carbonyl (C=O) groups excluding carboxylic acids is 1. The number of likely N-dealkylation sites (tertiary alicyclic amines) is 1. The molecule has 6 nitrogen and oxygen atoms in total. The smallest absolute Gasteiger partial charge is 0.227 e. The van der Waals surface area contributed by atoms with Crippen molar-refractivity contribution in [2.24, 2.45) is 16.3 Å². The van der Waals surface area contributed by atoms with Crippen molar-refractivity contribution in [1.82, 2.24) is 15.5 Å². The average molecular weight is 502 g/mol. The number of benzene rings is 1. The number of rotatable bonds is 8. The Bertz CT molecular complexity index is 622. The molecule has 1 fully saturated rings. The Balaban J connectivity index is 0.00000392. The topological polar surface area (TPSA) is 66.0 Å². The highest BCUT2D eigenvalue weighted by atomic mass is 127. The second-order valence-corrected chi connectivity index (χ2v) is 7.73. The van der Waals surface area contributed by atoms with E-state index in [-0.39, 0.29) is 29.9 Å². The third-order valence-corrected chi connectivity index (χ3v) is 4.85. The number of carbonyl (C=O) groups is 1. The molecule has 1 aromatic carbocycles. The van der Waals surface area contributed by atoms with Gasteiger partial charge in [0, 0.05) is 32.6 Å². The van der Waals surface area contributed by atoms with Crippen molar-refractivity contribution in [1.29, 1.82) is 0 Å². The Hall–Kier alpha value is -1.35. The molecule has 0 aromatic heterocycles. The van der Waals surface area contributed by atoms with E-state index in [2.05, 4.69) is 34.6 Å². The quantitative estimate of drug-likeness (QED) is 0.326. The first-order chi connectivity index (χ1) is 13.0. The van der Waals surface area contributed by atoms with Crippen LogP contribution in [0.5, 0.6) is 0 Å². The second kappa shape index (κ2) is 12.3. The van der Waals surface area contributed by atoms with Gasteiger partial charge in [-0.1, -0.05) is 30.3 Å². The van der Waals surface area contributed by atoms with Crippen LogP contribution in [0.25, 0.3) is 0 Å². The molecule has 1 aliphatic rings. The summed E-state index contributed by atoms with van der Waals surface area (Å²) in [5.74, 6) is 1.40. The maximum atomic E-state index is 12.0. The third-order valence-electron chi connectivity index (χ3n) is 4.85. The summed E-state index contributed by atoms with van der Waals surface area (Å²) in [5.41, 5.74) is 0.687. The maximum Gasteiger partial charge on any atom is 0.227 e. The number of halogens is 1. The van der Waals surface area contributed by atoms with Crippen molar-refractivity contribution in [3.05, 3.63) is 35.9 Å². The molecule has 28 heavy (non-hydrogen) atoms. The molecule has 7 heteroatoms. The van der Waals surface area contributed by atoms with Gasteiger partial charge in [0.1, 0.15) is 0 Å². The predicted octanol–water partition coefficient (Wildman–Crippen LogP) is 2.88. The van der Waals surface area contributed by atoms with Gasteiger partial charge in [0.15, 0.2) is 5.96 Å². The van der Waals surface area contributed by atoms with Gasteiger partial charge in [-0.05, 0) is 32.8 Å². The van der Waals surface area contributed by atoms with Crippen molar-refractivity contribution in [3.8, 4) is 0 Å². The molecule has 0 radical (unpaired) electrons. The third kappa shape index (κ3) is 7.58. The molecule has 0 aliphatic carbocycles. The van der Waals surface area contributed by atoms with Gasteiger partial charge in [0.25, 0.3) is 0 Å². The van der Waals surface area contributed by atoms with E-state index in [0.717, 1.165) is 38.6 Å². The normalized spacial score (nSPS) is 17.2. The van der Waals surface area contributed by atoms with E-state index >= 15 is 0 Å². The Kier molecular flexibility index (Phi) is 10.8. The van der Waals surface area contributed by atoms with Crippen molar-refractivity contribution in [2.45, 2.75) is 33.8 Å². The molecule has 1 saturated heterocycles. The molecule has 0 bridgehead atoms. The molecule has 1 heterocycles. The number of hydrogen-bond donors (Lipinski definition) is 2. The number of nitrogens with one attached hydrogen (secondary N) is 2. The first-order valence-corrected chi connectivity index (χ1v) is 9.83. The zero-order valence-electron chi connectivity index (χ0n) is 17.5. The van der Waals surface area contributed by atoms with Crippen LogP contribution in [0.15, 0.2) is 35.3 Å². The van der Waals surface area contributed by atoms with Crippen molar-refractivity contribution < 1.29 is 9.53 Å². The van der Waals surface area contributed by atoms with Gasteiger partial charge in [0.05, 0.1) is 25.2 Å². The lowest BCUT2D eigenvalue weighted by molar-refractivity contribution is -0.128. The molecule has 0 saturated carbocycles. The SMILES string of the molecule is CCNC(=NCC(C)(C)C(=O)NC)N1CCC(COCc2ccccc2)C1.I. The minimum atomic E-state index is -0.520. The lowest BCUT2D eigenvalue weighted by Crippen LogP contribution is -2.42. The number of aliphatic imine (C=N–C) groups is 1. The predicted molar refractivity (Wildman–Crippen MR) is 125 cm³/mol. The number of nitrogens with zero attached hydrogens (tertiary/aromatic N) is 2. The number of ether oxygens (including phenoxy) is 1. The van der Waals surface area contributed by atoms with Crippen LogP contribution in [0, 0.1) is 11.3 Å². The lowest BCUT2D eigenvalue weighted by atomic mass is 9.93. The minimum absolute atomic E-state index is 0. The summed E-state index contributed by atoms with van der Waals surface area (Å²) in [6.45, 7) is 10.5. The molecule has 1 atom stereocenters. The minimum Gasteiger partial charge on any atom is -0.376 e. The summed E-state index contributed by atoms with van der Waals surface area (Å²) in [6.07, 6.45) is 1.10. The van der Waals surface area contributed by atoms with Gasteiger partial charge in [-0.3, -0.25) is 9.79 Å². The Morgan fingerprint density at radius 1 is 1.32 bits per heavy atom. The molecule has 1 aromatic rings. The van der Waals surface area contributed by atoms with E-state index in [4.69, 9.17) is 9.73 Å². The molecule has 0 spiro atoms. The molecule has 2 rings (SSSR count). The van der Waals surface area contributed by atoms with Crippen molar-refractivity contribution in [2.75, 3.05) is 39.8 Å². The van der Waals surface area contributed by atoms with E-state index in [0.29, 0.717) is 19.1 Å². The number of guanidine groups is 1. The summed E-state index contributed by atoms with van der Waals surface area (Å²) in [4.78, 5) is 19.0. The average Bonchev–Trinajstić information content (AvgIpc) is 3.14. The highest BCUT2D eigenvalue weighted by Gasteiger charge is 2.28. The number of hydrogen-bond acceptors (Lipinski definition) is 3. The Morgan fingerprint density at radius 3 is 2.68 bits per heavy atom. The van der Waals surface area contributed by atoms with Crippen LogP contribution >= 0.6 is 24.0 Å². The van der Waals surface area contributed by atoms with Crippen LogP contribution in [-0.2, 0) is 16.1 Å². The van der Waals surface area contributed by atoms with E-state index < -0.39 is 5.41 Å². The van der Waals surface area contributed by atoms with E-state index in [1.165, 1.54) is 5.56 Å². The molecule has 1 amide bonds. The van der Waals surface area contributed by atoms with Crippen LogP contribution in [-0.4, -0.2) is 56.6 Å². The standard InChI is InChI=1S/C21H34N4O2.HI/c1-5-23-20(24-16-21(2,3)19(26)22-4)25-12-11-18(13-25)15-27-14-17-9-7-6-8-10-17;/h6-10,18H,5,11-16H2,1-4H3,(H,22,26)(H,23,24);1H. The van der Waals surface area contributed by atoms with Gasteiger partial charge in [-0.25, -0.2) is 0 Å². The summed E-state index contributed by atoms with van der Waals surface area (Å²) in [6, 6.07) is 10.3. The maximum absolute atomic E-state index is 12.0. The highest BCUT2D eigenvalue weighted by Crippen LogP contribution is 2.19. The fourth-order valence-corrected chi connectivity index (χ4v) is 3.19. The molecule has 2 N–H and O–H groups in total. The highest BCUT2D eigenvalue weighted by molar-refractivity contribution is 14.0. The van der Waals surface area contributed by atoms with Gasteiger partial charge in [-0.2, -0.15) is 0 Å². The second-order valence-electron chi connectivity index (χ2n) is 7.73. The van der Waals surface area contributed by atoms with Crippen LogP contribution in [0.2, 0.25) is 0 Å². The van der Waals surface area contributed by atoms with Gasteiger partial charge >= 0.3 is 0 Å². The Morgan fingerprint density at radius 2 is 2.04 bits per heavy atom. The summed E-state index contributed by atoms with van der Waals surface area (Å²) in [5, 5.41) is 6.08. The molecule has 1 aliphatic heterocycles. The van der Waals surface area contributed by atoms with Gasteiger partial charge < -0.3 is 20.3 Å². The fourth-order valence-electron chi connectivity index (χ4n) is 3.19. The fraction of sp³-hybridized carbons (Fsp3) is 0.619. The lowest BCUT2D eigenvalue weighted by Gasteiger charge is -2.25. The monoisotopic (exact) mass is 502 g/mol. The molecule has 158 valence electrons. The zero-order valence-corrected chi connectivity index (χ0v) is 19.9. The van der Waals surface area contributed by atoms with E-state index in [1.807, 2.05) is 32.0 Å². The van der Waals surface area contributed by atoms with E-state index in [1.54, 1.807) is 7.05 Å². The largest absolute Gasteiger partial charge is 0.376 e. The van der Waals surface area contributed by atoms with E-state index in [9.17, 15) is 4.79 Å². The first-order valence-electron chi connectivity index (χ1n) is 9.83. The van der Waals surface area contributed by atoms with Crippen molar-refractivity contribution in [3.63, 3.8) is 0 Å².